The van der Waals surface area contributed by atoms with Crippen molar-refractivity contribution in [1.82, 2.24) is 9.55 Å². The quantitative estimate of drug-likeness (QED) is 0.343. The number of aromatic nitrogens is 2. The van der Waals surface area contributed by atoms with E-state index in [-0.39, 0.29) is 33.5 Å². The number of amides is 3. The second kappa shape index (κ2) is 11.0. The van der Waals surface area contributed by atoms with Crippen molar-refractivity contribution in [2.24, 2.45) is 5.41 Å². The Morgan fingerprint density at radius 1 is 1.18 bits per heavy atom. The molecule has 3 amide bonds. The summed E-state index contributed by atoms with van der Waals surface area (Å²) in [4.78, 5) is 31.6. The first-order chi connectivity index (χ1) is 17.6. The molecule has 0 aliphatic carbocycles. The number of anilines is 3. The summed E-state index contributed by atoms with van der Waals surface area (Å²) in [5, 5.41) is 24.4. The Hall–Kier alpha value is -3.68. The molecule has 9 nitrogen and oxygen atoms in total. The maximum Gasteiger partial charge on any atom is 0.326 e. The van der Waals surface area contributed by atoms with E-state index in [2.05, 4.69) is 15.6 Å². The van der Waals surface area contributed by atoms with E-state index >= 15 is 0 Å². The molecule has 0 atom stereocenters. The van der Waals surface area contributed by atoms with Gasteiger partial charge in [-0.3, -0.25) is 10.1 Å². The van der Waals surface area contributed by atoms with Crippen molar-refractivity contribution in [1.29, 1.82) is 5.26 Å². The molecular formula is C27H32ClFN6O3. The summed E-state index contributed by atoms with van der Waals surface area (Å²) >= 11 is 5.84. The van der Waals surface area contributed by atoms with Crippen molar-refractivity contribution < 1.29 is 19.1 Å². The molecule has 0 saturated heterocycles. The minimum atomic E-state index is -0.976. The zero-order chi connectivity index (χ0) is 28.4. The molecule has 202 valence electrons. The van der Waals surface area contributed by atoms with Gasteiger partial charge in [-0.2, -0.15) is 5.26 Å². The molecule has 38 heavy (non-hydrogen) atoms. The van der Waals surface area contributed by atoms with Crippen LogP contribution in [0.25, 0.3) is 11.0 Å². The molecule has 0 unspecified atom stereocenters. The van der Waals surface area contributed by atoms with Crippen LogP contribution in [-0.2, 0) is 11.3 Å². The minimum absolute atomic E-state index is 0.0124. The number of hydrogen-bond donors (Lipinski definition) is 3. The van der Waals surface area contributed by atoms with Gasteiger partial charge < -0.3 is 19.9 Å². The number of imidazole rings is 1. The Labute approximate surface area is 226 Å². The van der Waals surface area contributed by atoms with Crippen LogP contribution in [0.15, 0.2) is 30.3 Å². The second-order valence-electron chi connectivity index (χ2n) is 11.0. The number of benzene rings is 2. The number of aryl methyl sites for hydroxylation is 1. The van der Waals surface area contributed by atoms with E-state index in [1.165, 1.54) is 0 Å². The first-order valence-electron chi connectivity index (χ1n) is 12.0. The fourth-order valence-corrected chi connectivity index (χ4v) is 3.93. The van der Waals surface area contributed by atoms with E-state index in [0.29, 0.717) is 36.1 Å². The first kappa shape index (κ1) is 28.9. The maximum atomic E-state index is 14.3. The monoisotopic (exact) mass is 542 g/mol. The standard InChI is InChI=1S/C27H32ClFN6O3/c1-26(2,3)14-23(36)34(6)17-7-8-22-21(12-17)31-24(35(22)10-9-27(4,5)38)33-25(37)32-20-11-16(15-30)18(28)13-19(20)29/h7-8,11-13,38H,9-10,14H2,1-6H3,(H2,31,32,33,37). The average molecular weight is 543 g/mol. The SMILES string of the molecule is CN(C(=O)CC(C)(C)C)c1ccc2c(c1)nc(NC(=O)Nc1cc(C#N)c(Cl)cc1F)n2CCC(C)(C)O. The fourth-order valence-electron chi connectivity index (χ4n) is 3.74. The van der Waals surface area contributed by atoms with Crippen molar-refractivity contribution in [2.75, 3.05) is 22.6 Å². The highest BCUT2D eigenvalue weighted by atomic mass is 35.5. The zero-order valence-corrected chi connectivity index (χ0v) is 23.1. The van der Waals surface area contributed by atoms with E-state index in [1.807, 2.05) is 26.8 Å². The molecule has 0 spiro atoms. The predicted octanol–water partition coefficient (Wildman–Crippen LogP) is 5.90. The molecule has 3 aromatic rings. The second-order valence-corrected chi connectivity index (χ2v) is 11.4. The van der Waals surface area contributed by atoms with Crippen LogP contribution in [0.5, 0.6) is 0 Å². The van der Waals surface area contributed by atoms with E-state index in [0.717, 1.165) is 12.1 Å². The van der Waals surface area contributed by atoms with Crippen LogP contribution in [0.4, 0.5) is 26.5 Å². The summed E-state index contributed by atoms with van der Waals surface area (Å²) in [6, 6.07) is 8.49. The highest BCUT2D eigenvalue weighted by Crippen LogP contribution is 2.29. The molecule has 0 bridgehead atoms. The van der Waals surface area contributed by atoms with E-state index in [9.17, 15) is 19.1 Å². The lowest BCUT2D eigenvalue weighted by Crippen LogP contribution is -2.29. The number of aliphatic hydroxyl groups is 1. The summed E-state index contributed by atoms with van der Waals surface area (Å²) < 4.78 is 16.1. The van der Waals surface area contributed by atoms with Crippen LogP contribution < -0.4 is 15.5 Å². The molecule has 11 heteroatoms. The van der Waals surface area contributed by atoms with Gasteiger partial charge in [0.2, 0.25) is 11.9 Å². The molecule has 1 aromatic heterocycles. The number of nitriles is 1. The van der Waals surface area contributed by atoms with Crippen LogP contribution in [-0.4, -0.2) is 39.2 Å². The summed E-state index contributed by atoms with van der Waals surface area (Å²) in [7, 11) is 1.70. The summed E-state index contributed by atoms with van der Waals surface area (Å²) in [6.07, 6.45) is 0.723. The van der Waals surface area contributed by atoms with E-state index in [1.54, 1.807) is 48.6 Å². The molecule has 0 aliphatic rings. The summed E-state index contributed by atoms with van der Waals surface area (Å²) in [6.45, 7) is 9.65. The van der Waals surface area contributed by atoms with Crippen molar-refractivity contribution in [2.45, 2.75) is 59.6 Å². The molecule has 0 saturated carbocycles. The summed E-state index contributed by atoms with van der Waals surface area (Å²) in [5.74, 6) is -0.678. The van der Waals surface area contributed by atoms with Gasteiger partial charge in [0.1, 0.15) is 11.9 Å². The van der Waals surface area contributed by atoms with Crippen molar-refractivity contribution in [3.8, 4) is 6.07 Å². The number of urea groups is 1. The fraction of sp³-hybridized carbons (Fsp3) is 0.407. The third kappa shape index (κ3) is 7.21. The largest absolute Gasteiger partial charge is 0.390 e. The number of nitrogens with one attached hydrogen (secondary N) is 2. The highest BCUT2D eigenvalue weighted by molar-refractivity contribution is 6.31. The van der Waals surface area contributed by atoms with Crippen LogP contribution >= 0.6 is 11.6 Å². The topological polar surface area (TPSA) is 123 Å². The van der Waals surface area contributed by atoms with Gasteiger partial charge in [0.25, 0.3) is 0 Å². The van der Waals surface area contributed by atoms with Gasteiger partial charge in [-0.25, -0.2) is 14.2 Å². The van der Waals surface area contributed by atoms with Crippen LogP contribution in [0.1, 0.15) is 53.0 Å². The maximum absolute atomic E-state index is 14.3. The molecular weight excluding hydrogens is 511 g/mol. The molecule has 0 fully saturated rings. The number of rotatable bonds is 7. The lowest BCUT2D eigenvalue weighted by Gasteiger charge is -2.23. The Balaban J connectivity index is 1.94. The van der Waals surface area contributed by atoms with Gasteiger partial charge in [0.05, 0.1) is 32.9 Å². The minimum Gasteiger partial charge on any atom is -0.390 e. The number of hydrogen-bond acceptors (Lipinski definition) is 5. The lowest BCUT2D eigenvalue weighted by molar-refractivity contribution is -0.120. The molecule has 1 heterocycles. The normalized spacial score (nSPS) is 11.8. The third-order valence-electron chi connectivity index (χ3n) is 5.77. The van der Waals surface area contributed by atoms with Crippen molar-refractivity contribution in [3.63, 3.8) is 0 Å². The summed E-state index contributed by atoms with van der Waals surface area (Å²) in [5.41, 5.74) is 0.485. The lowest BCUT2D eigenvalue weighted by atomic mass is 9.91. The van der Waals surface area contributed by atoms with Gasteiger partial charge in [0, 0.05) is 25.7 Å². The van der Waals surface area contributed by atoms with Crippen LogP contribution in [0.3, 0.4) is 0 Å². The Kier molecular flexibility index (Phi) is 8.34. The van der Waals surface area contributed by atoms with Crippen molar-refractivity contribution in [3.05, 3.63) is 46.7 Å². The number of carbonyl (C=O) groups is 2. The third-order valence-corrected chi connectivity index (χ3v) is 6.09. The Bertz CT molecular complexity index is 1420. The van der Waals surface area contributed by atoms with E-state index in [4.69, 9.17) is 16.9 Å². The number of nitrogens with zero attached hydrogens (tertiary/aromatic N) is 4. The van der Waals surface area contributed by atoms with Crippen LogP contribution in [0, 0.1) is 22.6 Å². The van der Waals surface area contributed by atoms with Crippen molar-refractivity contribution >= 4 is 51.9 Å². The highest BCUT2D eigenvalue weighted by Gasteiger charge is 2.22. The zero-order valence-electron chi connectivity index (χ0n) is 22.3. The number of halogens is 2. The van der Waals surface area contributed by atoms with Gasteiger partial charge >= 0.3 is 6.03 Å². The predicted molar refractivity (Wildman–Crippen MR) is 147 cm³/mol. The Morgan fingerprint density at radius 2 is 1.87 bits per heavy atom. The van der Waals surface area contributed by atoms with Gasteiger partial charge in [-0.15, -0.1) is 0 Å². The smallest absolute Gasteiger partial charge is 0.326 e. The molecule has 3 rings (SSSR count). The molecule has 2 aromatic carbocycles. The van der Waals surface area contributed by atoms with Crippen LogP contribution in [0.2, 0.25) is 5.02 Å². The Morgan fingerprint density at radius 3 is 2.47 bits per heavy atom. The van der Waals surface area contributed by atoms with Gasteiger partial charge in [0.15, 0.2) is 0 Å². The molecule has 0 aliphatic heterocycles. The number of carbonyl (C=O) groups excluding carboxylic acids is 2. The average Bonchev–Trinajstić information content (AvgIpc) is 3.13. The first-order valence-corrected chi connectivity index (χ1v) is 12.4. The van der Waals surface area contributed by atoms with E-state index < -0.39 is 17.4 Å². The molecule has 3 N–H and O–H groups in total. The molecule has 0 radical (unpaired) electrons. The van der Waals surface area contributed by atoms with Gasteiger partial charge in [-0.1, -0.05) is 32.4 Å². The van der Waals surface area contributed by atoms with Gasteiger partial charge in [-0.05, 0) is 56.0 Å². The number of fused-ring (bicyclic) bond motifs is 1.